The third-order valence-corrected chi connectivity index (χ3v) is 9.83. The summed E-state index contributed by atoms with van der Waals surface area (Å²) in [6, 6.07) is 7.53. The third-order valence-electron chi connectivity index (χ3n) is 9.83. The Bertz CT molecular complexity index is 1260. The average molecular weight is 608 g/mol. The summed E-state index contributed by atoms with van der Waals surface area (Å²) in [6.45, 7) is 23.1. The van der Waals surface area contributed by atoms with Crippen molar-refractivity contribution in [2.75, 3.05) is 26.2 Å². The zero-order valence-corrected chi connectivity index (χ0v) is 27.8. The topological polar surface area (TPSA) is 90.4 Å². The van der Waals surface area contributed by atoms with E-state index in [1.54, 1.807) is 22.0 Å². The summed E-state index contributed by atoms with van der Waals surface area (Å²) >= 11 is 0. The molecule has 0 aromatic heterocycles. The Morgan fingerprint density at radius 2 is 1.73 bits per heavy atom. The summed E-state index contributed by atoms with van der Waals surface area (Å²) in [6.07, 6.45) is 5.93. The predicted octanol–water partition coefficient (Wildman–Crippen LogP) is 5.14. The van der Waals surface area contributed by atoms with Crippen LogP contribution < -0.4 is 0 Å². The van der Waals surface area contributed by atoms with Crippen LogP contribution in [0.1, 0.15) is 85.8 Å². The summed E-state index contributed by atoms with van der Waals surface area (Å²) in [5, 5.41) is 10.8. The van der Waals surface area contributed by atoms with Crippen LogP contribution in [0.3, 0.4) is 0 Å². The normalized spacial score (nSPS) is 28.5. The number of aliphatic hydroxyl groups excluding tert-OH is 1. The minimum absolute atomic E-state index is 0.0753. The third kappa shape index (κ3) is 5.76. The molecule has 3 aliphatic heterocycles. The van der Waals surface area contributed by atoms with E-state index in [1.807, 2.05) is 49.1 Å². The number of fused-ring (bicyclic) bond motifs is 1. The monoisotopic (exact) mass is 607 g/mol. The van der Waals surface area contributed by atoms with Crippen molar-refractivity contribution in [2.24, 2.45) is 17.3 Å². The molecule has 0 aliphatic carbocycles. The Balaban J connectivity index is 1.90. The fourth-order valence-corrected chi connectivity index (χ4v) is 8.60. The maximum atomic E-state index is 15.1. The smallest absolute Gasteiger partial charge is 0.249 e. The van der Waals surface area contributed by atoms with Crippen LogP contribution >= 0.6 is 0 Å². The Kier molecular flexibility index (Phi) is 9.58. The van der Waals surface area contributed by atoms with Crippen molar-refractivity contribution in [3.05, 3.63) is 61.2 Å². The zero-order valence-electron chi connectivity index (χ0n) is 27.8. The van der Waals surface area contributed by atoms with Gasteiger partial charge in [-0.1, -0.05) is 70.2 Å². The first-order valence-electron chi connectivity index (χ1n) is 16.1. The minimum atomic E-state index is -1.20. The molecule has 242 valence electrons. The number of benzene rings is 1. The van der Waals surface area contributed by atoms with Gasteiger partial charge in [-0.05, 0) is 57.4 Å². The summed E-state index contributed by atoms with van der Waals surface area (Å²) in [7, 11) is 0. The van der Waals surface area contributed by atoms with Gasteiger partial charge in [0.1, 0.15) is 11.6 Å². The van der Waals surface area contributed by atoms with E-state index in [0.717, 1.165) is 12.0 Å². The molecular weight excluding hydrogens is 554 g/mol. The van der Waals surface area contributed by atoms with Gasteiger partial charge >= 0.3 is 0 Å². The molecule has 1 N–H and O–H groups in total. The van der Waals surface area contributed by atoms with Crippen LogP contribution in [0.5, 0.6) is 0 Å². The van der Waals surface area contributed by atoms with Crippen LogP contribution in [0.15, 0.2) is 55.6 Å². The number of nitrogens with zero attached hydrogens (tertiary/aromatic N) is 3. The molecular formula is C36H53N3O5. The van der Waals surface area contributed by atoms with Gasteiger partial charge in [0.15, 0.2) is 0 Å². The second-order valence-electron chi connectivity index (χ2n) is 14.9. The quantitative estimate of drug-likeness (QED) is 0.314. The average Bonchev–Trinajstić information content (AvgIpc) is 3.51. The molecule has 44 heavy (non-hydrogen) atoms. The van der Waals surface area contributed by atoms with Gasteiger partial charge in [-0.3, -0.25) is 14.4 Å². The molecule has 2 bridgehead atoms. The van der Waals surface area contributed by atoms with E-state index in [2.05, 4.69) is 47.8 Å². The van der Waals surface area contributed by atoms with Gasteiger partial charge in [-0.25, -0.2) is 0 Å². The van der Waals surface area contributed by atoms with E-state index in [0.29, 0.717) is 38.9 Å². The van der Waals surface area contributed by atoms with Crippen molar-refractivity contribution < 1.29 is 24.2 Å². The molecule has 3 saturated heterocycles. The number of carbonyl (C=O) groups excluding carboxylic acids is 3. The molecule has 3 heterocycles. The second kappa shape index (κ2) is 12.4. The first kappa shape index (κ1) is 33.9. The molecule has 3 amide bonds. The number of hydrogen-bond donors (Lipinski definition) is 1. The highest BCUT2D eigenvalue weighted by atomic mass is 16.5. The summed E-state index contributed by atoms with van der Waals surface area (Å²) in [5.74, 6) is -2.28. The zero-order chi connectivity index (χ0) is 32.7. The van der Waals surface area contributed by atoms with Crippen molar-refractivity contribution in [1.29, 1.82) is 0 Å². The molecule has 8 heteroatoms. The first-order chi connectivity index (χ1) is 20.6. The van der Waals surface area contributed by atoms with Crippen LogP contribution in [-0.2, 0) is 19.1 Å². The maximum absolute atomic E-state index is 15.1. The van der Waals surface area contributed by atoms with Crippen molar-refractivity contribution >= 4 is 17.7 Å². The van der Waals surface area contributed by atoms with E-state index >= 15 is 4.79 Å². The molecule has 4 rings (SSSR count). The van der Waals surface area contributed by atoms with Crippen LogP contribution in [0, 0.1) is 17.3 Å². The van der Waals surface area contributed by atoms with Gasteiger partial charge in [0, 0.05) is 25.2 Å². The lowest BCUT2D eigenvalue weighted by Crippen LogP contribution is -2.61. The van der Waals surface area contributed by atoms with Crippen LogP contribution in [0.4, 0.5) is 0 Å². The van der Waals surface area contributed by atoms with Crippen molar-refractivity contribution in [3.63, 3.8) is 0 Å². The Morgan fingerprint density at radius 1 is 1.09 bits per heavy atom. The fourth-order valence-electron chi connectivity index (χ4n) is 8.60. The first-order valence-corrected chi connectivity index (χ1v) is 16.1. The van der Waals surface area contributed by atoms with Crippen molar-refractivity contribution in [2.45, 2.75) is 103 Å². The number of ether oxygens (including phenoxy) is 1. The van der Waals surface area contributed by atoms with E-state index < -0.39 is 40.7 Å². The lowest BCUT2D eigenvalue weighted by atomic mass is 9.66. The maximum Gasteiger partial charge on any atom is 0.249 e. The van der Waals surface area contributed by atoms with E-state index in [9.17, 15) is 14.7 Å². The van der Waals surface area contributed by atoms with E-state index in [4.69, 9.17) is 4.74 Å². The van der Waals surface area contributed by atoms with Crippen LogP contribution in [0.25, 0.3) is 0 Å². The molecule has 8 nitrogen and oxygen atoms in total. The Hall–Kier alpha value is -2.97. The number of aliphatic hydroxyl groups is 1. The highest BCUT2D eigenvalue weighted by Gasteiger charge is 2.79. The lowest BCUT2D eigenvalue weighted by Gasteiger charge is -2.46. The molecule has 3 aliphatic rings. The van der Waals surface area contributed by atoms with Gasteiger partial charge < -0.3 is 24.5 Å². The number of hydrogen-bond acceptors (Lipinski definition) is 5. The number of likely N-dealkylation sites (tertiary alicyclic amines) is 1. The predicted molar refractivity (Wildman–Crippen MR) is 172 cm³/mol. The minimum Gasteiger partial charge on any atom is -0.394 e. The molecule has 0 saturated carbocycles. The van der Waals surface area contributed by atoms with Gasteiger partial charge in [0.25, 0.3) is 0 Å². The Labute approximate surface area is 264 Å². The van der Waals surface area contributed by atoms with Gasteiger partial charge in [-0.15, -0.1) is 13.2 Å². The summed E-state index contributed by atoms with van der Waals surface area (Å²) < 4.78 is 6.93. The Morgan fingerprint density at radius 3 is 2.27 bits per heavy atom. The van der Waals surface area contributed by atoms with E-state index in [-0.39, 0.29) is 29.7 Å². The number of rotatable bonds is 13. The van der Waals surface area contributed by atoms with Gasteiger partial charge in [0.2, 0.25) is 17.7 Å². The fraction of sp³-hybridized carbons (Fsp3) is 0.639. The highest BCUT2D eigenvalue weighted by Crippen LogP contribution is 2.64. The highest BCUT2D eigenvalue weighted by molar-refractivity contribution is 5.99. The molecule has 0 radical (unpaired) electrons. The molecule has 6 atom stereocenters. The lowest BCUT2D eigenvalue weighted by molar-refractivity contribution is -0.160. The molecule has 2 unspecified atom stereocenters. The van der Waals surface area contributed by atoms with Gasteiger partial charge in [0.05, 0.1) is 30.1 Å². The van der Waals surface area contributed by atoms with Crippen LogP contribution in [-0.4, -0.2) is 86.6 Å². The van der Waals surface area contributed by atoms with Crippen LogP contribution in [0.2, 0.25) is 0 Å². The molecule has 1 aromatic carbocycles. The largest absolute Gasteiger partial charge is 0.394 e. The van der Waals surface area contributed by atoms with E-state index in [1.165, 1.54) is 0 Å². The summed E-state index contributed by atoms with van der Waals surface area (Å²) in [4.78, 5) is 49.5. The standard InChI is InChI=1S/C36H53N3O5/c1-10-20-37(21-11-2)30(41)27-28-31(42)39(26(23-40)25-16-14-13-15-17-25)29(36(28)19-18-35(27,9)44-36)32(43)38(22-12-3)34(7,8)24-33(4,5)6/h10,12-17,26-29,40H,1,3,11,18-24H2,2,4-9H3/t26-,27-,28+,29?,35+,36?/m1/s1. The molecule has 1 spiro atoms. The summed E-state index contributed by atoms with van der Waals surface area (Å²) in [5.41, 5.74) is -2.01. The van der Waals surface area contributed by atoms with Crippen molar-refractivity contribution in [1.82, 2.24) is 14.7 Å². The molecule has 3 fully saturated rings. The SMILES string of the molecule is C=CCN(CCC)C(=O)[C@H]1[C@H]2C(=O)N([C@H](CO)c3ccccc3)C(C(=O)N(CC=C)C(C)(C)CC(C)(C)C)C23CC[C@]1(C)O3. The van der Waals surface area contributed by atoms with Gasteiger partial charge in [-0.2, -0.15) is 0 Å². The second-order valence-corrected chi connectivity index (χ2v) is 14.9. The number of carbonyl (C=O) groups is 3. The van der Waals surface area contributed by atoms with Crippen molar-refractivity contribution in [3.8, 4) is 0 Å². The molecule has 1 aromatic rings. The number of amides is 3.